The molecule has 0 saturated carbocycles. The lowest BCUT2D eigenvalue weighted by molar-refractivity contribution is 0.104. The van der Waals surface area contributed by atoms with Crippen molar-refractivity contribution in [3.05, 3.63) is 76.8 Å². The van der Waals surface area contributed by atoms with E-state index in [1.54, 1.807) is 58.5 Å². The topological polar surface area (TPSA) is 93.7 Å². The minimum absolute atomic E-state index is 0.294. The summed E-state index contributed by atoms with van der Waals surface area (Å²) in [6, 6.07) is 12.7. The number of hydrogen-bond acceptors (Lipinski definition) is 10. The highest BCUT2D eigenvalue weighted by Gasteiger charge is 2.18. The molecule has 0 amide bonds. The van der Waals surface area contributed by atoms with Crippen molar-refractivity contribution in [1.82, 2.24) is 0 Å². The van der Waals surface area contributed by atoms with Crippen molar-refractivity contribution < 1.29 is 38.0 Å². The van der Waals surface area contributed by atoms with Crippen LogP contribution in [0.1, 0.15) is 21.5 Å². The van der Waals surface area contributed by atoms with Gasteiger partial charge < -0.3 is 38.5 Å². The second-order valence-electron chi connectivity index (χ2n) is 8.34. The van der Waals surface area contributed by atoms with Gasteiger partial charge in [-0.2, -0.15) is 0 Å². The van der Waals surface area contributed by atoms with E-state index < -0.39 is 0 Å². The van der Waals surface area contributed by atoms with Gasteiger partial charge in [0.05, 0.1) is 61.0 Å². The van der Waals surface area contributed by atoms with Crippen LogP contribution in [-0.2, 0) is 5.75 Å². The number of allylic oxidation sites excluding steroid dienone is 1. The van der Waals surface area contributed by atoms with Crippen molar-refractivity contribution in [3.8, 4) is 40.2 Å². The molecule has 9 nitrogen and oxygen atoms in total. The Hall–Kier alpha value is -4.44. The average Bonchev–Trinajstić information content (AvgIpc) is 3.01. The molecule has 0 heterocycles. The number of methoxy groups -OCH3 is 7. The van der Waals surface area contributed by atoms with Crippen LogP contribution < -0.4 is 38.5 Å². The maximum Gasteiger partial charge on any atom is 0.194 e. The third-order valence-corrected chi connectivity index (χ3v) is 6.86. The fraction of sp³-hybridized carbons (Fsp3) is 0.258. The van der Waals surface area contributed by atoms with E-state index in [1.165, 1.54) is 27.4 Å². The molecule has 3 aromatic carbocycles. The molecule has 3 aromatic rings. The molecule has 0 radical (unpaired) electrons. The number of carbonyl (C=O) groups excluding carboxylic acids is 1. The fourth-order valence-corrected chi connectivity index (χ4v) is 4.65. The average molecular weight is 582 g/mol. The minimum Gasteiger partial charge on any atom is -0.496 e. The highest BCUT2D eigenvalue weighted by atomic mass is 32.2. The number of thioether (sulfide) groups is 1. The highest BCUT2D eigenvalue weighted by molar-refractivity contribution is 8.01. The summed E-state index contributed by atoms with van der Waals surface area (Å²) in [4.78, 5) is 13.0. The molecule has 0 atom stereocenters. The van der Waals surface area contributed by atoms with Crippen LogP contribution in [0.5, 0.6) is 40.2 Å². The predicted octanol–water partition coefficient (Wildman–Crippen LogP) is 6.46. The summed E-state index contributed by atoms with van der Waals surface area (Å²) in [5, 5.41) is 5.14. The molecule has 0 unspecified atom stereocenters. The smallest absolute Gasteiger partial charge is 0.194 e. The molecule has 0 bridgehead atoms. The summed E-state index contributed by atoms with van der Waals surface area (Å²) in [6.45, 7) is 0. The first-order valence-electron chi connectivity index (χ1n) is 12.4. The van der Waals surface area contributed by atoms with E-state index in [1.807, 2.05) is 41.8 Å². The van der Waals surface area contributed by atoms with Crippen LogP contribution in [0.25, 0.3) is 6.08 Å². The van der Waals surface area contributed by atoms with E-state index in [0.717, 1.165) is 11.1 Å². The zero-order valence-electron chi connectivity index (χ0n) is 24.2. The largest absolute Gasteiger partial charge is 0.496 e. The number of ether oxygens (including phenoxy) is 7. The molecule has 10 heteroatoms. The first-order valence-corrected chi connectivity index (χ1v) is 13.5. The molecule has 1 N–H and O–H groups in total. The van der Waals surface area contributed by atoms with Gasteiger partial charge in [-0.05, 0) is 29.2 Å². The first-order chi connectivity index (χ1) is 19.9. The summed E-state index contributed by atoms with van der Waals surface area (Å²) in [6.07, 6.45) is 4.91. The van der Waals surface area contributed by atoms with Gasteiger partial charge in [0.25, 0.3) is 0 Å². The Morgan fingerprint density at radius 1 is 0.707 bits per heavy atom. The summed E-state index contributed by atoms with van der Waals surface area (Å²) >= 11 is 1.61. The number of ketones is 1. The lowest BCUT2D eigenvalue weighted by atomic mass is 10.1. The second-order valence-corrected chi connectivity index (χ2v) is 9.24. The van der Waals surface area contributed by atoms with Crippen molar-refractivity contribution in [2.24, 2.45) is 0 Å². The van der Waals surface area contributed by atoms with Crippen molar-refractivity contribution in [1.29, 1.82) is 0 Å². The number of anilines is 1. The SMILES string of the molecule is COc1cc(OC)c(/C=C/SCc2ccc(OC)c(N/C=C\C(=O)c3c(OC)cc(OC)cc3OC)c2)c(OC)c1. The molecule has 0 aliphatic heterocycles. The Kier molecular flexibility index (Phi) is 11.7. The number of hydrogen-bond donors (Lipinski definition) is 1. The molecule has 41 heavy (non-hydrogen) atoms. The molecular weight excluding hydrogens is 546 g/mol. The van der Waals surface area contributed by atoms with E-state index in [2.05, 4.69) is 5.32 Å². The molecule has 0 fully saturated rings. The predicted molar refractivity (Wildman–Crippen MR) is 163 cm³/mol. The van der Waals surface area contributed by atoms with E-state index in [-0.39, 0.29) is 5.78 Å². The van der Waals surface area contributed by atoms with Crippen LogP contribution in [0.3, 0.4) is 0 Å². The van der Waals surface area contributed by atoms with Gasteiger partial charge >= 0.3 is 0 Å². The summed E-state index contributed by atoms with van der Waals surface area (Å²) in [5.41, 5.74) is 2.88. The van der Waals surface area contributed by atoms with E-state index in [4.69, 9.17) is 33.2 Å². The highest BCUT2D eigenvalue weighted by Crippen LogP contribution is 2.37. The second kappa shape index (κ2) is 15.4. The van der Waals surface area contributed by atoms with Crippen LogP contribution in [0.2, 0.25) is 0 Å². The van der Waals surface area contributed by atoms with Gasteiger partial charge in [0.15, 0.2) is 5.78 Å². The van der Waals surface area contributed by atoms with Gasteiger partial charge in [0.2, 0.25) is 0 Å². The number of rotatable bonds is 15. The van der Waals surface area contributed by atoms with Gasteiger partial charge in [0.1, 0.15) is 45.8 Å². The third-order valence-electron chi connectivity index (χ3n) is 6.03. The molecule has 0 spiro atoms. The van der Waals surface area contributed by atoms with Gasteiger partial charge in [-0.1, -0.05) is 6.07 Å². The van der Waals surface area contributed by atoms with Crippen LogP contribution in [0.4, 0.5) is 5.69 Å². The molecular formula is C31H35NO8S. The van der Waals surface area contributed by atoms with Crippen molar-refractivity contribution >= 4 is 29.3 Å². The van der Waals surface area contributed by atoms with Gasteiger partial charge in [-0.15, -0.1) is 11.8 Å². The zero-order valence-corrected chi connectivity index (χ0v) is 25.0. The molecule has 0 aromatic heterocycles. The summed E-state index contributed by atoms with van der Waals surface area (Å²) in [7, 11) is 10.9. The Morgan fingerprint density at radius 2 is 1.24 bits per heavy atom. The van der Waals surface area contributed by atoms with Gasteiger partial charge in [-0.25, -0.2) is 0 Å². The van der Waals surface area contributed by atoms with E-state index >= 15 is 0 Å². The van der Waals surface area contributed by atoms with Crippen molar-refractivity contribution in [3.63, 3.8) is 0 Å². The van der Waals surface area contributed by atoms with Crippen molar-refractivity contribution in [2.45, 2.75) is 5.75 Å². The van der Waals surface area contributed by atoms with E-state index in [0.29, 0.717) is 57.3 Å². The summed E-state index contributed by atoms with van der Waals surface area (Å²) in [5.74, 6) is 4.22. The monoisotopic (exact) mass is 581 g/mol. The lowest BCUT2D eigenvalue weighted by Crippen LogP contribution is -2.04. The Bertz CT molecular complexity index is 1350. The van der Waals surface area contributed by atoms with Gasteiger partial charge in [-0.3, -0.25) is 4.79 Å². The Balaban J connectivity index is 1.73. The minimum atomic E-state index is -0.297. The molecule has 0 aliphatic rings. The number of benzene rings is 3. The quantitative estimate of drug-likeness (QED) is 0.159. The maximum absolute atomic E-state index is 13.0. The Morgan fingerprint density at radius 3 is 1.76 bits per heavy atom. The third kappa shape index (κ3) is 7.82. The molecule has 0 saturated heterocycles. The van der Waals surface area contributed by atoms with Crippen molar-refractivity contribution in [2.75, 3.05) is 55.1 Å². The molecule has 218 valence electrons. The Labute approximate surface area is 245 Å². The fourth-order valence-electron chi connectivity index (χ4n) is 3.95. The molecule has 3 rings (SSSR count). The molecule has 0 aliphatic carbocycles. The summed E-state index contributed by atoms with van der Waals surface area (Å²) < 4.78 is 37.9. The first kappa shape index (κ1) is 31.1. The number of nitrogens with one attached hydrogen (secondary N) is 1. The lowest BCUT2D eigenvalue weighted by Gasteiger charge is -2.13. The van der Waals surface area contributed by atoms with Crippen LogP contribution in [-0.4, -0.2) is 55.6 Å². The van der Waals surface area contributed by atoms with Crippen LogP contribution in [0, 0.1) is 0 Å². The van der Waals surface area contributed by atoms with Gasteiger partial charge in [0, 0.05) is 42.3 Å². The number of carbonyl (C=O) groups is 1. The zero-order chi connectivity index (χ0) is 29.8. The normalized spacial score (nSPS) is 10.9. The van der Waals surface area contributed by atoms with Crippen LogP contribution >= 0.6 is 11.8 Å². The standard InChI is InChI=1S/C31H35NO8S/c1-34-21-15-27(37-4)23(28(16-21)38-5)11-13-41-19-20-8-9-26(36-3)24(14-20)32-12-10-25(33)31-29(39-6)17-22(35-2)18-30(31)40-7/h8-18,32H,19H2,1-7H3/b12-10-,13-11+. The maximum atomic E-state index is 13.0. The van der Waals surface area contributed by atoms with Crippen LogP contribution in [0.15, 0.2) is 60.1 Å². The van der Waals surface area contributed by atoms with E-state index in [9.17, 15) is 4.79 Å².